The van der Waals surface area contributed by atoms with Crippen molar-refractivity contribution in [2.24, 2.45) is 0 Å². The summed E-state index contributed by atoms with van der Waals surface area (Å²) in [4.78, 5) is 14.8. The maximum atomic E-state index is 9.52. The molecule has 0 bridgehead atoms. The van der Waals surface area contributed by atoms with Gasteiger partial charge < -0.3 is 4.57 Å². The molecule has 0 fully saturated rings. The average molecular weight is 715 g/mol. The highest BCUT2D eigenvalue weighted by Crippen LogP contribution is 2.42. The average Bonchev–Trinajstić information content (AvgIpc) is 3.73. The van der Waals surface area contributed by atoms with E-state index in [4.69, 9.17) is 25.9 Å². The van der Waals surface area contributed by atoms with E-state index in [9.17, 15) is 5.48 Å². The molecular weight excluding hydrogens is 669 g/mol. The van der Waals surface area contributed by atoms with Gasteiger partial charge in [-0.05, 0) is 64.2 Å². The number of aromatic nitrogens is 4. The lowest BCUT2D eigenvalue weighted by molar-refractivity contribution is 1.07. The van der Waals surface area contributed by atoms with Crippen LogP contribution in [0.1, 0.15) is 16.4 Å². The van der Waals surface area contributed by atoms with E-state index in [1.54, 1.807) is 12.1 Å². The van der Waals surface area contributed by atoms with Crippen LogP contribution in [-0.4, -0.2) is 19.5 Å². The van der Waals surface area contributed by atoms with E-state index in [-0.39, 0.29) is 27.4 Å². The maximum Gasteiger partial charge on any atom is 0.164 e. The fraction of sp³-hybridized carbons (Fsp3) is 0. The number of rotatable bonds is 7. The zero-order valence-electron chi connectivity index (χ0n) is 41.0. The molecule has 0 saturated heterocycles. The molecule has 0 unspecified atom stereocenters. The van der Waals surface area contributed by atoms with Gasteiger partial charge in [-0.15, -0.1) is 0 Å². The van der Waals surface area contributed by atoms with Crippen LogP contribution in [0.4, 0.5) is 0 Å². The molecule has 0 saturated carbocycles. The Morgan fingerprint density at radius 3 is 1.62 bits per heavy atom. The third kappa shape index (κ3) is 5.96. The van der Waals surface area contributed by atoms with Gasteiger partial charge in [-0.2, -0.15) is 0 Å². The van der Waals surface area contributed by atoms with E-state index in [1.807, 2.05) is 121 Å². The lowest BCUT2D eigenvalue weighted by Crippen LogP contribution is -2.02. The quantitative estimate of drug-likeness (QED) is 0.165. The Kier molecular flexibility index (Phi) is 5.52. The third-order valence-corrected chi connectivity index (χ3v) is 9.45. The number of para-hydroxylation sites is 1. The second-order valence-electron chi connectivity index (χ2n) is 12.7. The molecule has 10 aromatic rings. The Hall–Kier alpha value is -7.43. The first kappa shape index (κ1) is 21.9. The Morgan fingerprint density at radius 1 is 0.364 bits per heavy atom. The first-order valence-electron chi connectivity index (χ1n) is 23.6. The van der Waals surface area contributed by atoms with E-state index in [2.05, 4.69) is 0 Å². The van der Waals surface area contributed by atoms with Crippen LogP contribution in [0, 0.1) is 0 Å². The molecule has 0 aliphatic heterocycles. The fourth-order valence-corrected chi connectivity index (χ4v) is 6.91. The van der Waals surface area contributed by atoms with Crippen molar-refractivity contribution in [1.29, 1.82) is 0 Å². The van der Waals surface area contributed by atoms with Gasteiger partial charge in [0.05, 0.1) is 33.2 Å². The molecule has 8 aromatic carbocycles. The standard InChI is InChI=1S/C51H34N4/c1-5-17-35(18-6-1)39-25-15-26-40(33-39)44-34-41(51-53-49(37-21-9-3-10-22-37)52-50(54-51)38-23-11-4-12-24-38)31-32-46(44)55-45-29-14-13-27-43(45)48-42(28-16-30-47(48)55)36-19-7-2-8-20-36/h1-34H/i2D,7D,8D,13D,14D,16D,19D,20D,27D,28D,29D,30D. The van der Waals surface area contributed by atoms with E-state index in [0.717, 1.165) is 22.3 Å². The van der Waals surface area contributed by atoms with Crippen molar-refractivity contribution >= 4 is 21.8 Å². The van der Waals surface area contributed by atoms with Crippen molar-refractivity contribution < 1.29 is 16.4 Å². The number of benzene rings is 8. The van der Waals surface area contributed by atoms with Gasteiger partial charge in [0.1, 0.15) is 0 Å². The summed E-state index contributed by atoms with van der Waals surface area (Å²) in [7, 11) is 0. The Balaban J connectivity index is 1.36. The summed E-state index contributed by atoms with van der Waals surface area (Å²) in [6.45, 7) is 0. The SMILES string of the molecule is [2H]c1c([2H])c([2H])c(-c2c([2H])c([2H])c([2H])c3c2c2c([2H])c([2H])c([2H])c([2H])c2n3-c2ccc(-c3nc(-c4ccccc4)nc(-c4ccccc4)n3)cc2-c2cccc(-c3ccccc3)c2)c([2H])c1[2H]. The smallest absolute Gasteiger partial charge is 0.164 e. The van der Waals surface area contributed by atoms with Crippen molar-refractivity contribution in [3.05, 3.63) is 206 Å². The van der Waals surface area contributed by atoms with Crippen molar-refractivity contribution in [3.63, 3.8) is 0 Å². The molecule has 0 spiro atoms. The Labute approximate surface area is 336 Å². The first-order chi connectivity index (χ1) is 32.3. The predicted molar refractivity (Wildman–Crippen MR) is 227 cm³/mol. The Bertz CT molecular complexity index is 3570. The Morgan fingerprint density at radius 2 is 0.927 bits per heavy atom. The van der Waals surface area contributed by atoms with Crippen molar-refractivity contribution in [3.8, 4) is 73.2 Å². The molecule has 0 N–H and O–H groups in total. The first-order valence-corrected chi connectivity index (χ1v) is 17.6. The zero-order chi connectivity index (χ0) is 47.0. The minimum atomic E-state index is -0.698. The van der Waals surface area contributed by atoms with Gasteiger partial charge in [-0.3, -0.25) is 0 Å². The van der Waals surface area contributed by atoms with Crippen LogP contribution in [0.5, 0.6) is 0 Å². The van der Waals surface area contributed by atoms with Crippen LogP contribution in [0.2, 0.25) is 0 Å². The van der Waals surface area contributed by atoms with Crippen molar-refractivity contribution in [2.45, 2.75) is 0 Å². The van der Waals surface area contributed by atoms with Gasteiger partial charge in [-0.1, -0.05) is 170 Å². The molecule has 2 aromatic heterocycles. The molecule has 55 heavy (non-hydrogen) atoms. The molecule has 0 atom stereocenters. The van der Waals surface area contributed by atoms with Crippen LogP contribution in [-0.2, 0) is 0 Å². The van der Waals surface area contributed by atoms with Gasteiger partial charge in [0.25, 0.3) is 0 Å². The van der Waals surface area contributed by atoms with Gasteiger partial charge in [0.15, 0.2) is 17.5 Å². The monoisotopic (exact) mass is 714 g/mol. The largest absolute Gasteiger partial charge is 0.309 e. The lowest BCUT2D eigenvalue weighted by Gasteiger charge is -2.17. The number of fused-ring (bicyclic) bond motifs is 3. The van der Waals surface area contributed by atoms with E-state index >= 15 is 0 Å². The lowest BCUT2D eigenvalue weighted by atomic mass is 9.96. The van der Waals surface area contributed by atoms with E-state index in [0.29, 0.717) is 39.9 Å². The molecule has 0 aliphatic rings. The number of hydrogen-bond acceptors (Lipinski definition) is 3. The summed E-state index contributed by atoms with van der Waals surface area (Å²) in [5, 5.41) is -0.299. The molecule has 0 amide bonds. The second-order valence-corrected chi connectivity index (χ2v) is 12.7. The predicted octanol–water partition coefficient (Wildman–Crippen LogP) is 13.0. The molecule has 4 heteroatoms. The summed E-state index contributed by atoms with van der Waals surface area (Å²) in [6, 6.07) is 34.2. The molecule has 0 radical (unpaired) electrons. The topological polar surface area (TPSA) is 43.6 Å². The third-order valence-electron chi connectivity index (χ3n) is 9.45. The molecule has 258 valence electrons. The fourth-order valence-electron chi connectivity index (χ4n) is 6.91. The van der Waals surface area contributed by atoms with Crippen LogP contribution in [0.25, 0.3) is 95.0 Å². The second kappa shape index (κ2) is 13.8. The summed E-state index contributed by atoms with van der Waals surface area (Å²) in [6.07, 6.45) is 0. The summed E-state index contributed by atoms with van der Waals surface area (Å²) in [5.74, 6) is 1.17. The molecule has 0 aliphatic carbocycles. The highest BCUT2D eigenvalue weighted by molar-refractivity contribution is 6.16. The summed E-state index contributed by atoms with van der Waals surface area (Å²) in [5.41, 5.74) is 4.27. The summed E-state index contributed by atoms with van der Waals surface area (Å²) < 4.78 is 109. The maximum absolute atomic E-state index is 9.52. The molecular formula is C51H34N4. The molecule has 10 rings (SSSR count). The normalized spacial score (nSPS) is 14.3. The van der Waals surface area contributed by atoms with Crippen LogP contribution in [0.15, 0.2) is 206 Å². The minimum Gasteiger partial charge on any atom is -0.309 e. The summed E-state index contributed by atoms with van der Waals surface area (Å²) >= 11 is 0. The van der Waals surface area contributed by atoms with Gasteiger partial charge in [-0.25, -0.2) is 15.0 Å². The van der Waals surface area contributed by atoms with Gasteiger partial charge in [0.2, 0.25) is 0 Å². The van der Waals surface area contributed by atoms with Crippen LogP contribution < -0.4 is 0 Å². The highest BCUT2D eigenvalue weighted by Gasteiger charge is 2.20. The number of nitrogens with zero attached hydrogens (tertiary/aromatic N) is 4. The number of hydrogen-bond donors (Lipinski definition) is 0. The van der Waals surface area contributed by atoms with Crippen molar-refractivity contribution in [1.82, 2.24) is 19.5 Å². The van der Waals surface area contributed by atoms with Gasteiger partial charge in [0, 0.05) is 33.0 Å². The highest BCUT2D eigenvalue weighted by atomic mass is 15.0. The zero-order valence-corrected chi connectivity index (χ0v) is 29.0. The van der Waals surface area contributed by atoms with Crippen LogP contribution in [0.3, 0.4) is 0 Å². The molecule has 2 heterocycles. The minimum absolute atomic E-state index is 0.112. The van der Waals surface area contributed by atoms with E-state index < -0.39 is 78.1 Å². The van der Waals surface area contributed by atoms with Crippen molar-refractivity contribution in [2.75, 3.05) is 0 Å². The van der Waals surface area contributed by atoms with Gasteiger partial charge >= 0.3 is 0 Å². The molecule has 4 nitrogen and oxygen atoms in total. The van der Waals surface area contributed by atoms with Crippen LogP contribution >= 0.6 is 0 Å². The van der Waals surface area contributed by atoms with E-state index in [1.165, 1.54) is 4.57 Å².